The van der Waals surface area contributed by atoms with Crippen molar-refractivity contribution < 1.29 is 23.4 Å². The van der Waals surface area contributed by atoms with Gasteiger partial charge in [0.2, 0.25) is 10.0 Å². The first-order valence-corrected chi connectivity index (χ1v) is 7.82. The fraction of sp³-hybridized carbons (Fsp3) is 0.462. The van der Waals surface area contributed by atoms with Gasteiger partial charge in [-0.1, -0.05) is 12.8 Å². The molecule has 1 fully saturated rings. The van der Waals surface area contributed by atoms with E-state index in [1.54, 1.807) is 0 Å². The summed E-state index contributed by atoms with van der Waals surface area (Å²) in [5, 5.41) is 18.4. The van der Waals surface area contributed by atoms with Crippen molar-refractivity contribution in [2.24, 2.45) is 0 Å². The number of benzene rings is 1. The smallest absolute Gasteiger partial charge is 0.339 e. The number of hydrogen-bond donors (Lipinski definition) is 2. The third-order valence-corrected chi connectivity index (χ3v) is 5.62. The largest absolute Gasteiger partial charge is 0.507 e. The van der Waals surface area contributed by atoms with Crippen LogP contribution in [0.25, 0.3) is 0 Å². The van der Waals surface area contributed by atoms with Crippen LogP contribution in [-0.4, -0.2) is 42.0 Å². The van der Waals surface area contributed by atoms with Gasteiger partial charge in [-0.05, 0) is 31.0 Å². The lowest BCUT2D eigenvalue weighted by Gasteiger charge is -2.23. The van der Waals surface area contributed by atoms with Gasteiger partial charge in [-0.15, -0.1) is 0 Å². The van der Waals surface area contributed by atoms with Gasteiger partial charge in [-0.3, -0.25) is 0 Å². The highest BCUT2D eigenvalue weighted by molar-refractivity contribution is 7.89. The van der Waals surface area contributed by atoms with Gasteiger partial charge in [0.1, 0.15) is 11.3 Å². The highest BCUT2D eigenvalue weighted by atomic mass is 32.2. The van der Waals surface area contributed by atoms with Crippen LogP contribution in [0.4, 0.5) is 0 Å². The maximum absolute atomic E-state index is 12.5. The third kappa shape index (κ3) is 2.64. The maximum atomic E-state index is 12.5. The summed E-state index contributed by atoms with van der Waals surface area (Å²) in [5.74, 6) is -1.80. The van der Waals surface area contributed by atoms with E-state index >= 15 is 0 Å². The van der Waals surface area contributed by atoms with Crippen LogP contribution >= 0.6 is 0 Å². The Balaban J connectivity index is 2.38. The van der Waals surface area contributed by atoms with Crippen molar-refractivity contribution in [1.29, 1.82) is 0 Å². The number of hydrogen-bond acceptors (Lipinski definition) is 4. The van der Waals surface area contributed by atoms with Crippen molar-refractivity contribution in [1.82, 2.24) is 4.31 Å². The fourth-order valence-electron chi connectivity index (χ4n) is 2.48. The molecule has 2 rings (SSSR count). The molecule has 0 spiro atoms. The van der Waals surface area contributed by atoms with E-state index in [-0.39, 0.29) is 10.9 Å². The van der Waals surface area contributed by atoms with Crippen LogP contribution in [-0.2, 0) is 10.0 Å². The first-order valence-electron chi connectivity index (χ1n) is 6.38. The zero-order valence-electron chi connectivity index (χ0n) is 11.1. The number of carbonyl (C=O) groups is 1. The molecule has 2 N–H and O–H groups in total. The minimum Gasteiger partial charge on any atom is -0.507 e. The van der Waals surface area contributed by atoms with Crippen LogP contribution in [0.3, 0.4) is 0 Å². The van der Waals surface area contributed by atoms with E-state index in [9.17, 15) is 18.3 Å². The number of rotatable bonds is 4. The Morgan fingerprint density at radius 1 is 1.30 bits per heavy atom. The molecule has 20 heavy (non-hydrogen) atoms. The minimum absolute atomic E-state index is 0.0397. The summed E-state index contributed by atoms with van der Waals surface area (Å²) in [4.78, 5) is 10.8. The zero-order valence-corrected chi connectivity index (χ0v) is 11.9. The molecule has 1 saturated carbocycles. The molecule has 0 atom stereocenters. The first kappa shape index (κ1) is 14.8. The Morgan fingerprint density at radius 2 is 1.90 bits per heavy atom. The molecule has 1 aliphatic carbocycles. The highest BCUT2D eigenvalue weighted by Crippen LogP contribution is 2.29. The lowest BCUT2D eigenvalue weighted by atomic mass is 10.2. The van der Waals surface area contributed by atoms with E-state index in [2.05, 4.69) is 0 Å². The van der Waals surface area contributed by atoms with Crippen LogP contribution in [0.2, 0.25) is 0 Å². The van der Waals surface area contributed by atoms with Crippen LogP contribution in [0.1, 0.15) is 36.0 Å². The molecule has 0 aromatic heterocycles. The molecule has 1 aliphatic rings. The van der Waals surface area contributed by atoms with E-state index in [0.717, 1.165) is 37.8 Å². The summed E-state index contributed by atoms with van der Waals surface area (Å²) in [5.41, 5.74) is -0.411. The van der Waals surface area contributed by atoms with E-state index in [1.165, 1.54) is 17.4 Å². The van der Waals surface area contributed by atoms with E-state index in [0.29, 0.717) is 0 Å². The van der Waals surface area contributed by atoms with Crippen LogP contribution in [0.15, 0.2) is 23.1 Å². The summed E-state index contributed by atoms with van der Waals surface area (Å²) in [6.45, 7) is 0. The van der Waals surface area contributed by atoms with Gasteiger partial charge >= 0.3 is 5.97 Å². The van der Waals surface area contributed by atoms with Gasteiger partial charge in [0.25, 0.3) is 0 Å². The summed E-state index contributed by atoms with van der Waals surface area (Å²) < 4.78 is 26.2. The van der Waals surface area contributed by atoms with Gasteiger partial charge in [-0.25, -0.2) is 13.2 Å². The second-order valence-electron chi connectivity index (χ2n) is 4.94. The van der Waals surface area contributed by atoms with Gasteiger partial charge in [0.05, 0.1) is 4.90 Å². The molecule has 7 heteroatoms. The average molecular weight is 299 g/mol. The summed E-state index contributed by atoms with van der Waals surface area (Å²) >= 11 is 0. The topological polar surface area (TPSA) is 94.9 Å². The summed E-state index contributed by atoms with van der Waals surface area (Å²) in [6.07, 6.45) is 3.64. The molecule has 1 aromatic rings. The molecule has 0 unspecified atom stereocenters. The number of carboxylic acids is 1. The van der Waals surface area contributed by atoms with Crippen molar-refractivity contribution in [3.8, 4) is 5.75 Å². The molecular formula is C13H17NO5S. The van der Waals surface area contributed by atoms with E-state index in [1.807, 2.05) is 0 Å². The number of phenols is 1. The monoisotopic (exact) mass is 299 g/mol. The quantitative estimate of drug-likeness (QED) is 0.881. The van der Waals surface area contributed by atoms with Gasteiger partial charge in [0.15, 0.2) is 0 Å². The van der Waals surface area contributed by atoms with Crippen molar-refractivity contribution in [3.63, 3.8) is 0 Å². The number of aromatic carboxylic acids is 1. The fourth-order valence-corrected chi connectivity index (χ4v) is 3.92. The van der Waals surface area contributed by atoms with Crippen molar-refractivity contribution >= 4 is 16.0 Å². The van der Waals surface area contributed by atoms with Crippen molar-refractivity contribution in [3.05, 3.63) is 23.8 Å². The summed E-state index contributed by atoms with van der Waals surface area (Å²) in [7, 11) is -2.22. The predicted molar refractivity (Wildman–Crippen MR) is 72.3 cm³/mol. The molecule has 6 nitrogen and oxygen atoms in total. The molecule has 0 heterocycles. The second kappa shape index (κ2) is 5.41. The molecule has 0 saturated heterocycles. The molecule has 1 aromatic carbocycles. The number of sulfonamides is 1. The Bertz CT molecular complexity index is 620. The van der Waals surface area contributed by atoms with Gasteiger partial charge in [0, 0.05) is 13.1 Å². The normalized spacial score (nSPS) is 16.7. The lowest BCUT2D eigenvalue weighted by Crippen LogP contribution is -2.35. The molecule has 0 bridgehead atoms. The number of aromatic hydroxyl groups is 1. The number of carboxylic acid groups (broad SMARTS) is 1. The maximum Gasteiger partial charge on any atom is 0.339 e. The van der Waals surface area contributed by atoms with Gasteiger partial charge in [-0.2, -0.15) is 4.31 Å². The van der Waals surface area contributed by atoms with Crippen molar-refractivity contribution in [2.45, 2.75) is 36.6 Å². The zero-order chi connectivity index (χ0) is 14.9. The van der Waals surface area contributed by atoms with E-state index < -0.39 is 27.3 Å². The Morgan fingerprint density at radius 3 is 2.45 bits per heavy atom. The molecule has 0 amide bonds. The second-order valence-corrected chi connectivity index (χ2v) is 6.94. The molecule has 0 aliphatic heterocycles. The first-order chi connectivity index (χ1) is 9.34. The molecular weight excluding hydrogens is 282 g/mol. The highest BCUT2D eigenvalue weighted by Gasteiger charge is 2.30. The summed E-state index contributed by atoms with van der Waals surface area (Å²) in [6, 6.07) is 3.28. The van der Waals surface area contributed by atoms with Crippen LogP contribution in [0.5, 0.6) is 5.75 Å². The lowest BCUT2D eigenvalue weighted by molar-refractivity contribution is 0.0693. The van der Waals surface area contributed by atoms with E-state index in [4.69, 9.17) is 5.11 Å². The van der Waals surface area contributed by atoms with Gasteiger partial charge < -0.3 is 10.2 Å². The minimum atomic E-state index is -3.74. The molecule has 110 valence electrons. The standard InChI is InChI=1S/C13H17NO5S/c1-14(9-4-2-3-5-9)20(18,19)10-6-7-12(15)11(8-10)13(16)17/h6-9,15H,2-5H2,1H3,(H,16,17). The SMILES string of the molecule is CN(C1CCCC1)S(=O)(=O)c1ccc(O)c(C(=O)O)c1. The Kier molecular flexibility index (Phi) is 4.01. The predicted octanol–water partition coefficient (Wildman–Crippen LogP) is 1.65. The van der Waals surface area contributed by atoms with Crippen LogP contribution < -0.4 is 0 Å². The van der Waals surface area contributed by atoms with Crippen molar-refractivity contribution in [2.75, 3.05) is 7.05 Å². The van der Waals surface area contributed by atoms with Crippen LogP contribution in [0, 0.1) is 0 Å². The number of nitrogens with zero attached hydrogens (tertiary/aromatic N) is 1. The Labute approximate surface area is 117 Å². The molecule has 0 radical (unpaired) electrons. The average Bonchev–Trinajstić information content (AvgIpc) is 2.91. The third-order valence-electron chi connectivity index (χ3n) is 3.71. The Hall–Kier alpha value is -1.60.